The second kappa shape index (κ2) is 3.04. The molecule has 2 nitrogen and oxygen atoms in total. The Labute approximate surface area is 78.5 Å². The summed E-state index contributed by atoms with van der Waals surface area (Å²) in [5.41, 5.74) is 1.51. The van der Waals surface area contributed by atoms with E-state index in [4.69, 9.17) is 9.47 Å². The van der Waals surface area contributed by atoms with E-state index in [9.17, 15) is 0 Å². The zero-order valence-corrected chi connectivity index (χ0v) is 8.04. The van der Waals surface area contributed by atoms with Crippen LogP contribution in [0.2, 0.25) is 0 Å². The molecule has 0 amide bonds. The molecule has 1 aromatic carbocycles. The van der Waals surface area contributed by atoms with Gasteiger partial charge in [0.2, 0.25) is 0 Å². The molecule has 0 unspecified atom stereocenters. The molecular formula is C11H14O2. The number of benzene rings is 1. The predicted molar refractivity (Wildman–Crippen MR) is 51.2 cm³/mol. The van der Waals surface area contributed by atoms with Crippen molar-refractivity contribution in [3.05, 3.63) is 29.8 Å². The Hall–Kier alpha value is -1.02. The van der Waals surface area contributed by atoms with Gasteiger partial charge in [-0.15, -0.1) is 0 Å². The lowest BCUT2D eigenvalue weighted by molar-refractivity contribution is -0.0500. The highest BCUT2D eigenvalue weighted by molar-refractivity contribution is 5.34. The molecule has 0 N–H and O–H groups in total. The van der Waals surface area contributed by atoms with Crippen LogP contribution in [0.1, 0.15) is 12.5 Å². The van der Waals surface area contributed by atoms with Crippen LogP contribution in [0.4, 0.5) is 0 Å². The molecule has 0 saturated carbocycles. The highest BCUT2D eigenvalue weighted by Gasteiger charge is 2.35. The van der Waals surface area contributed by atoms with Gasteiger partial charge in [0.15, 0.2) is 0 Å². The van der Waals surface area contributed by atoms with Gasteiger partial charge in [-0.2, -0.15) is 0 Å². The molecule has 1 aromatic rings. The van der Waals surface area contributed by atoms with Gasteiger partial charge in [0.05, 0.1) is 20.3 Å². The number of rotatable bonds is 2. The standard InChI is InChI=1S/C11H14O2/c1-11(7-13-8-11)9-4-3-5-10(6-9)12-2/h3-6H,7-8H2,1-2H3. The van der Waals surface area contributed by atoms with Gasteiger partial charge >= 0.3 is 0 Å². The largest absolute Gasteiger partial charge is 0.497 e. The Balaban J connectivity index is 2.29. The first-order chi connectivity index (χ1) is 6.24. The molecule has 0 atom stereocenters. The molecule has 1 fully saturated rings. The number of ether oxygens (including phenoxy) is 2. The van der Waals surface area contributed by atoms with Crippen LogP contribution in [0, 0.1) is 0 Å². The van der Waals surface area contributed by atoms with Gasteiger partial charge in [0.25, 0.3) is 0 Å². The Morgan fingerprint density at radius 2 is 2.15 bits per heavy atom. The van der Waals surface area contributed by atoms with Crippen LogP contribution < -0.4 is 4.74 Å². The van der Waals surface area contributed by atoms with Gasteiger partial charge in [-0.3, -0.25) is 0 Å². The third-order valence-corrected chi connectivity index (χ3v) is 2.61. The van der Waals surface area contributed by atoms with E-state index in [-0.39, 0.29) is 5.41 Å². The molecular weight excluding hydrogens is 164 g/mol. The van der Waals surface area contributed by atoms with Gasteiger partial charge in [-0.05, 0) is 17.7 Å². The highest BCUT2D eigenvalue weighted by Crippen LogP contribution is 2.33. The summed E-state index contributed by atoms with van der Waals surface area (Å²) in [6, 6.07) is 8.21. The predicted octanol–water partition coefficient (Wildman–Crippen LogP) is 1.98. The van der Waals surface area contributed by atoms with Gasteiger partial charge in [-0.25, -0.2) is 0 Å². The number of hydrogen-bond donors (Lipinski definition) is 0. The molecule has 0 bridgehead atoms. The van der Waals surface area contributed by atoms with Crippen molar-refractivity contribution in [2.45, 2.75) is 12.3 Å². The van der Waals surface area contributed by atoms with Crippen molar-refractivity contribution in [3.63, 3.8) is 0 Å². The van der Waals surface area contributed by atoms with Crippen LogP contribution in [0.25, 0.3) is 0 Å². The summed E-state index contributed by atoms with van der Waals surface area (Å²) in [7, 11) is 1.69. The molecule has 1 aliphatic heterocycles. The van der Waals surface area contributed by atoms with E-state index in [1.54, 1.807) is 7.11 Å². The Kier molecular flexibility index (Phi) is 2.00. The first kappa shape index (κ1) is 8.57. The fourth-order valence-corrected chi connectivity index (χ4v) is 1.57. The minimum Gasteiger partial charge on any atom is -0.497 e. The summed E-state index contributed by atoms with van der Waals surface area (Å²) in [5.74, 6) is 0.922. The third-order valence-electron chi connectivity index (χ3n) is 2.61. The summed E-state index contributed by atoms with van der Waals surface area (Å²) >= 11 is 0. The fourth-order valence-electron chi connectivity index (χ4n) is 1.57. The van der Waals surface area contributed by atoms with Crippen LogP contribution in [-0.2, 0) is 10.2 Å². The summed E-state index contributed by atoms with van der Waals surface area (Å²) in [6.45, 7) is 3.85. The minimum absolute atomic E-state index is 0.203. The van der Waals surface area contributed by atoms with Crippen molar-refractivity contribution in [2.24, 2.45) is 0 Å². The first-order valence-electron chi connectivity index (χ1n) is 4.47. The van der Waals surface area contributed by atoms with E-state index in [1.165, 1.54) is 5.56 Å². The molecule has 1 aliphatic rings. The van der Waals surface area contributed by atoms with E-state index >= 15 is 0 Å². The van der Waals surface area contributed by atoms with E-state index in [0.29, 0.717) is 0 Å². The summed E-state index contributed by atoms with van der Waals surface area (Å²) < 4.78 is 10.4. The summed E-state index contributed by atoms with van der Waals surface area (Å²) in [5, 5.41) is 0. The fraction of sp³-hybridized carbons (Fsp3) is 0.455. The maximum Gasteiger partial charge on any atom is 0.119 e. The molecule has 0 radical (unpaired) electrons. The van der Waals surface area contributed by atoms with Crippen molar-refractivity contribution >= 4 is 0 Å². The maximum absolute atomic E-state index is 5.22. The van der Waals surface area contributed by atoms with Crippen molar-refractivity contribution in [3.8, 4) is 5.75 Å². The van der Waals surface area contributed by atoms with Crippen molar-refractivity contribution in [1.82, 2.24) is 0 Å². The second-order valence-electron chi connectivity index (χ2n) is 3.79. The number of hydrogen-bond acceptors (Lipinski definition) is 2. The SMILES string of the molecule is COc1cccc(C2(C)COC2)c1. The average molecular weight is 178 g/mol. The first-order valence-corrected chi connectivity index (χ1v) is 4.47. The maximum atomic E-state index is 5.22. The molecule has 1 saturated heterocycles. The van der Waals surface area contributed by atoms with Crippen molar-refractivity contribution in [2.75, 3.05) is 20.3 Å². The lowest BCUT2D eigenvalue weighted by Crippen LogP contribution is -2.43. The molecule has 13 heavy (non-hydrogen) atoms. The van der Waals surface area contributed by atoms with E-state index in [2.05, 4.69) is 19.1 Å². The van der Waals surface area contributed by atoms with Gasteiger partial charge in [0, 0.05) is 5.41 Å². The monoisotopic (exact) mass is 178 g/mol. The van der Waals surface area contributed by atoms with Crippen LogP contribution in [-0.4, -0.2) is 20.3 Å². The molecule has 0 aliphatic carbocycles. The van der Waals surface area contributed by atoms with Crippen LogP contribution in [0.5, 0.6) is 5.75 Å². The molecule has 0 aromatic heterocycles. The van der Waals surface area contributed by atoms with Gasteiger partial charge in [-0.1, -0.05) is 19.1 Å². The zero-order chi connectivity index (χ0) is 9.31. The Bertz CT molecular complexity index is 303. The van der Waals surface area contributed by atoms with Crippen molar-refractivity contribution < 1.29 is 9.47 Å². The summed E-state index contributed by atoms with van der Waals surface area (Å²) in [6.07, 6.45) is 0. The smallest absolute Gasteiger partial charge is 0.119 e. The Morgan fingerprint density at radius 3 is 2.69 bits per heavy atom. The summed E-state index contributed by atoms with van der Waals surface area (Å²) in [4.78, 5) is 0. The minimum atomic E-state index is 0.203. The van der Waals surface area contributed by atoms with E-state index in [0.717, 1.165) is 19.0 Å². The average Bonchev–Trinajstić information content (AvgIpc) is 2.14. The van der Waals surface area contributed by atoms with Crippen LogP contribution >= 0.6 is 0 Å². The lowest BCUT2D eigenvalue weighted by Gasteiger charge is -2.38. The zero-order valence-electron chi connectivity index (χ0n) is 8.04. The molecule has 70 valence electrons. The molecule has 2 heteroatoms. The van der Waals surface area contributed by atoms with Gasteiger partial charge < -0.3 is 9.47 Å². The molecule has 1 heterocycles. The third kappa shape index (κ3) is 1.42. The molecule has 2 rings (SSSR count). The Morgan fingerprint density at radius 1 is 1.38 bits per heavy atom. The van der Waals surface area contributed by atoms with Crippen molar-refractivity contribution in [1.29, 1.82) is 0 Å². The van der Waals surface area contributed by atoms with Gasteiger partial charge in [0.1, 0.15) is 5.75 Å². The van der Waals surface area contributed by atoms with Crippen LogP contribution in [0.3, 0.4) is 0 Å². The van der Waals surface area contributed by atoms with E-state index < -0.39 is 0 Å². The van der Waals surface area contributed by atoms with Crippen LogP contribution in [0.15, 0.2) is 24.3 Å². The van der Waals surface area contributed by atoms with E-state index in [1.807, 2.05) is 12.1 Å². The normalized spacial score (nSPS) is 19.2. The number of methoxy groups -OCH3 is 1. The lowest BCUT2D eigenvalue weighted by atomic mass is 9.81. The topological polar surface area (TPSA) is 18.5 Å². The second-order valence-corrected chi connectivity index (χ2v) is 3.79. The quantitative estimate of drug-likeness (QED) is 0.689. The molecule has 0 spiro atoms. The highest BCUT2D eigenvalue weighted by atomic mass is 16.5.